The number of primary amides is 1. The maximum Gasteiger partial charge on any atom is 0.270 e. The largest absolute Gasteiger partial charge is 0.377 e. The van der Waals surface area contributed by atoms with Gasteiger partial charge in [-0.05, 0) is 19.1 Å². The Labute approximate surface area is 134 Å². The Bertz CT molecular complexity index is 631. The molecule has 1 aromatic rings. The van der Waals surface area contributed by atoms with Crippen LogP contribution in [-0.4, -0.2) is 54.3 Å². The molecule has 2 N–H and O–H groups in total. The van der Waals surface area contributed by atoms with Crippen LogP contribution in [0.5, 0.6) is 0 Å². The fourth-order valence-electron chi connectivity index (χ4n) is 2.87. The number of ether oxygens (including phenoxy) is 1. The Morgan fingerprint density at radius 3 is 2.70 bits per heavy atom. The first-order valence-corrected chi connectivity index (χ1v) is 7.67. The third-order valence-corrected chi connectivity index (χ3v) is 4.13. The summed E-state index contributed by atoms with van der Waals surface area (Å²) in [7, 11) is 0. The van der Waals surface area contributed by atoms with Crippen molar-refractivity contribution in [1.82, 2.24) is 4.90 Å². The van der Waals surface area contributed by atoms with Crippen molar-refractivity contribution in [1.29, 1.82) is 0 Å². The van der Waals surface area contributed by atoms with Crippen molar-refractivity contribution in [3.8, 4) is 0 Å². The van der Waals surface area contributed by atoms with Crippen LogP contribution in [0.1, 0.15) is 13.3 Å². The van der Waals surface area contributed by atoms with Crippen LogP contribution in [0, 0.1) is 0 Å². The Morgan fingerprint density at radius 2 is 2.04 bits per heavy atom. The SMILES string of the molecule is C[C@H]1COCCN1C(=O)C1=NN(c2ccccc2)[C@@H](C(N)=O)C1. The van der Waals surface area contributed by atoms with E-state index in [2.05, 4.69) is 5.10 Å². The number of benzene rings is 1. The molecule has 2 amide bonds. The molecule has 0 unspecified atom stereocenters. The average molecular weight is 316 g/mol. The predicted octanol–water partition coefficient (Wildman–Crippen LogP) is 0.354. The summed E-state index contributed by atoms with van der Waals surface area (Å²) in [6, 6.07) is 8.63. The van der Waals surface area contributed by atoms with Gasteiger partial charge in [0.15, 0.2) is 0 Å². The molecule has 2 aliphatic heterocycles. The molecule has 0 aliphatic carbocycles. The molecular weight excluding hydrogens is 296 g/mol. The fourth-order valence-corrected chi connectivity index (χ4v) is 2.87. The second kappa shape index (κ2) is 6.37. The molecule has 7 nitrogen and oxygen atoms in total. The number of para-hydroxylation sites is 1. The number of amides is 2. The second-order valence-electron chi connectivity index (χ2n) is 5.77. The normalized spacial score (nSPS) is 24.5. The highest BCUT2D eigenvalue weighted by molar-refractivity contribution is 6.40. The maximum atomic E-state index is 12.7. The molecule has 122 valence electrons. The van der Waals surface area contributed by atoms with Crippen molar-refractivity contribution in [2.45, 2.75) is 25.4 Å². The number of morpholine rings is 1. The standard InChI is InChI=1S/C16H20N4O3/c1-11-10-23-8-7-19(11)16(22)13-9-14(15(17)21)20(18-13)12-5-3-2-4-6-12/h2-6,11,14H,7-10H2,1H3,(H2,17,21)/t11-,14+/m0/s1. The topological polar surface area (TPSA) is 88.2 Å². The van der Waals surface area contributed by atoms with Crippen LogP contribution >= 0.6 is 0 Å². The Hall–Kier alpha value is -2.41. The summed E-state index contributed by atoms with van der Waals surface area (Å²) >= 11 is 0. The maximum absolute atomic E-state index is 12.7. The Balaban J connectivity index is 1.85. The van der Waals surface area contributed by atoms with Gasteiger partial charge in [0.2, 0.25) is 5.91 Å². The lowest BCUT2D eigenvalue weighted by Crippen LogP contribution is -2.49. The average Bonchev–Trinajstić information content (AvgIpc) is 3.01. The monoisotopic (exact) mass is 316 g/mol. The number of hydrogen-bond donors (Lipinski definition) is 1. The van der Waals surface area contributed by atoms with E-state index in [9.17, 15) is 9.59 Å². The molecule has 1 saturated heterocycles. The highest BCUT2D eigenvalue weighted by Gasteiger charge is 2.37. The van der Waals surface area contributed by atoms with Gasteiger partial charge in [-0.15, -0.1) is 0 Å². The van der Waals surface area contributed by atoms with E-state index < -0.39 is 11.9 Å². The molecule has 0 saturated carbocycles. The molecular formula is C16H20N4O3. The molecule has 2 atom stereocenters. The number of nitrogens with zero attached hydrogens (tertiary/aromatic N) is 3. The number of rotatable bonds is 3. The van der Waals surface area contributed by atoms with E-state index in [1.165, 1.54) is 0 Å². The van der Waals surface area contributed by atoms with Crippen LogP contribution < -0.4 is 10.7 Å². The zero-order valence-electron chi connectivity index (χ0n) is 13.0. The van der Waals surface area contributed by atoms with Gasteiger partial charge < -0.3 is 15.4 Å². The third-order valence-electron chi connectivity index (χ3n) is 4.13. The zero-order valence-corrected chi connectivity index (χ0v) is 13.0. The highest BCUT2D eigenvalue weighted by atomic mass is 16.5. The Kier molecular flexibility index (Phi) is 4.29. The summed E-state index contributed by atoms with van der Waals surface area (Å²) < 4.78 is 5.36. The molecule has 23 heavy (non-hydrogen) atoms. The van der Waals surface area contributed by atoms with Gasteiger partial charge in [-0.25, -0.2) is 0 Å². The lowest BCUT2D eigenvalue weighted by Gasteiger charge is -2.33. The van der Waals surface area contributed by atoms with E-state index in [0.29, 0.717) is 25.5 Å². The summed E-state index contributed by atoms with van der Waals surface area (Å²) in [5, 5.41) is 5.93. The first-order chi connectivity index (χ1) is 11.1. The lowest BCUT2D eigenvalue weighted by molar-refractivity contribution is -0.131. The Morgan fingerprint density at radius 1 is 1.30 bits per heavy atom. The van der Waals surface area contributed by atoms with Gasteiger partial charge >= 0.3 is 0 Å². The number of hydrogen-bond acceptors (Lipinski definition) is 5. The minimum atomic E-state index is -0.632. The lowest BCUT2D eigenvalue weighted by atomic mass is 10.1. The summed E-state index contributed by atoms with van der Waals surface area (Å²) in [6.07, 6.45) is 0.229. The molecule has 3 rings (SSSR count). The zero-order chi connectivity index (χ0) is 16.4. The molecule has 0 bridgehead atoms. The van der Waals surface area contributed by atoms with Crippen molar-refractivity contribution < 1.29 is 14.3 Å². The molecule has 0 spiro atoms. The van der Waals surface area contributed by atoms with Crippen molar-refractivity contribution in [3.63, 3.8) is 0 Å². The van der Waals surface area contributed by atoms with E-state index in [1.807, 2.05) is 37.3 Å². The molecule has 2 aliphatic rings. The number of anilines is 1. The number of carbonyl (C=O) groups is 2. The number of hydrazone groups is 1. The van der Waals surface area contributed by atoms with Crippen LogP contribution in [0.25, 0.3) is 0 Å². The van der Waals surface area contributed by atoms with E-state index >= 15 is 0 Å². The van der Waals surface area contributed by atoms with Crippen molar-refractivity contribution in [2.75, 3.05) is 24.8 Å². The smallest absolute Gasteiger partial charge is 0.270 e. The predicted molar refractivity (Wildman–Crippen MR) is 85.9 cm³/mol. The van der Waals surface area contributed by atoms with Crippen molar-refractivity contribution >= 4 is 23.2 Å². The van der Waals surface area contributed by atoms with Crippen LogP contribution in [0.3, 0.4) is 0 Å². The highest BCUT2D eigenvalue weighted by Crippen LogP contribution is 2.25. The second-order valence-corrected chi connectivity index (χ2v) is 5.77. The van der Waals surface area contributed by atoms with E-state index in [-0.39, 0.29) is 18.4 Å². The third kappa shape index (κ3) is 3.05. The van der Waals surface area contributed by atoms with E-state index in [0.717, 1.165) is 5.69 Å². The summed E-state index contributed by atoms with van der Waals surface area (Å²) in [6.45, 7) is 3.50. The van der Waals surface area contributed by atoms with Gasteiger partial charge in [0.1, 0.15) is 11.8 Å². The molecule has 2 heterocycles. The van der Waals surface area contributed by atoms with Gasteiger partial charge in [-0.1, -0.05) is 18.2 Å². The molecule has 7 heteroatoms. The van der Waals surface area contributed by atoms with Gasteiger partial charge in [-0.3, -0.25) is 14.6 Å². The van der Waals surface area contributed by atoms with E-state index in [1.54, 1.807) is 9.91 Å². The number of nitrogens with two attached hydrogens (primary N) is 1. The van der Waals surface area contributed by atoms with Gasteiger partial charge in [0.05, 0.1) is 24.9 Å². The van der Waals surface area contributed by atoms with Crippen molar-refractivity contribution in [3.05, 3.63) is 30.3 Å². The molecule has 0 radical (unpaired) electrons. The molecule has 0 aromatic heterocycles. The van der Waals surface area contributed by atoms with Gasteiger partial charge in [0.25, 0.3) is 5.91 Å². The summed E-state index contributed by atoms with van der Waals surface area (Å²) in [5.41, 5.74) is 6.61. The van der Waals surface area contributed by atoms with Gasteiger partial charge in [-0.2, -0.15) is 5.10 Å². The van der Waals surface area contributed by atoms with Crippen LogP contribution in [-0.2, 0) is 14.3 Å². The first-order valence-electron chi connectivity index (χ1n) is 7.67. The van der Waals surface area contributed by atoms with Crippen LogP contribution in [0.4, 0.5) is 5.69 Å². The molecule has 1 aromatic carbocycles. The fraction of sp³-hybridized carbons (Fsp3) is 0.438. The summed E-state index contributed by atoms with van der Waals surface area (Å²) in [5.74, 6) is -0.638. The summed E-state index contributed by atoms with van der Waals surface area (Å²) in [4.78, 5) is 26.2. The molecule has 1 fully saturated rings. The number of carbonyl (C=O) groups excluding carboxylic acids is 2. The van der Waals surface area contributed by atoms with E-state index in [4.69, 9.17) is 10.5 Å². The van der Waals surface area contributed by atoms with Crippen LogP contribution in [0.15, 0.2) is 35.4 Å². The first kappa shape index (κ1) is 15.5. The van der Waals surface area contributed by atoms with Crippen LogP contribution in [0.2, 0.25) is 0 Å². The minimum Gasteiger partial charge on any atom is -0.377 e. The van der Waals surface area contributed by atoms with Gasteiger partial charge in [0, 0.05) is 13.0 Å². The minimum absolute atomic E-state index is 0.00301. The quantitative estimate of drug-likeness (QED) is 0.872. The van der Waals surface area contributed by atoms with Crippen molar-refractivity contribution in [2.24, 2.45) is 10.8 Å².